The van der Waals surface area contributed by atoms with Crippen molar-refractivity contribution in [2.75, 3.05) is 13.1 Å². The number of amides is 2. The number of benzene rings is 2. The average Bonchev–Trinajstić information content (AvgIpc) is 2.71. The van der Waals surface area contributed by atoms with Crippen LogP contribution in [-0.4, -0.2) is 42.3 Å². The molecule has 166 valence electrons. The lowest BCUT2D eigenvalue weighted by atomic mass is 10.0. The Kier molecular flexibility index (Phi) is 7.04. The lowest BCUT2D eigenvalue weighted by molar-refractivity contribution is -0.274. The number of ether oxygens (including phenoxy) is 2. The van der Waals surface area contributed by atoms with Gasteiger partial charge in [0.2, 0.25) is 5.91 Å². The predicted molar refractivity (Wildman–Crippen MR) is 107 cm³/mol. The number of hydrogen-bond acceptors (Lipinski definition) is 4. The fourth-order valence-electron chi connectivity index (χ4n) is 3.39. The maximum absolute atomic E-state index is 13.0. The van der Waals surface area contributed by atoms with Gasteiger partial charge in [0, 0.05) is 51.0 Å². The van der Waals surface area contributed by atoms with Crippen molar-refractivity contribution in [2.45, 2.75) is 38.8 Å². The van der Waals surface area contributed by atoms with Gasteiger partial charge in [0.15, 0.2) is 0 Å². The van der Waals surface area contributed by atoms with Crippen LogP contribution in [0.2, 0.25) is 0 Å². The number of carbonyl (C=O) groups excluding carboxylic acids is 2. The van der Waals surface area contributed by atoms with E-state index in [0.29, 0.717) is 31.5 Å². The molecule has 3 rings (SSSR count). The second-order valence-corrected chi connectivity index (χ2v) is 7.20. The van der Waals surface area contributed by atoms with Crippen LogP contribution in [0.3, 0.4) is 0 Å². The largest absolute Gasteiger partial charge is 0.573 e. The van der Waals surface area contributed by atoms with E-state index in [-0.39, 0.29) is 36.0 Å². The summed E-state index contributed by atoms with van der Waals surface area (Å²) in [7, 11) is 0. The lowest BCUT2D eigenvalue weighted by Crippen LogP contribution is -2.42. The first-order valence-electron chi connectivity index (χ1n) is 9.85. The monoisotopic (exact) mass is 436 g/mol. The Bertz CT molecular complexity index is 925. The van der Waals surface area contributed by atoms with Crippen LogP contribution in [0.15, 0.2) is 48.5 Å². The van der Waals surface area contributed by atoms with E-state index in [4.69, 9.17) is 4.74 Å². The highest BCUT2D eigenvalue weighted by molar-refractivity contribution is 5.95. The summed E-state index contributed by atoms with van der Waals surface area (Å²) in [6.45, 7) is 2.60. The molecule has 6 nitrogen and oxygen atoms in total. The van der Waals surface area contributed by atoms with Crippen LogP contribution < -0.4 is 14.8 Å². The standard InChI is InChI=1S/C22H23F3N2O4/c1-15(28)26-14-16-5-2-3-8-20(16)21(29)27-11-9-17(10-12-27)30-18-6-4-7-19(13-18)31-22(23,24)25/h2-8,13,17H,9-12,14H2,1H3,(H,26,28). The van der Waals surface area contributed by atoms with E-state index in [9.17, 15) is 22.8 Å². The van der Waals surface area contributed by atoms with Gasteiger partial charge in [0.1, 0.15) is 17.6 Å². The third-order valence-electron chi connectivity index (χ3n) is 4.85. The van der Waals surface area contributed by atoms with Crippen molar-refractivity contribution in [1.82, 2.24) is 10.2 Å². The SMILES string of the molecule is CC(=O)NCc1ccccc1C(=O)N1CCC(Oc2cccc(OC(F)(F)F)c2)CC1. The Balaban J connectivity index is 1.57. The maximum atomic E-state index is 13.0. The highest BCUT2D eigenvalue weighted by atomic mass is 19.4. The number of alkyl halides is 3. The van der Waals surface area contributed by atoms with E-state index in [1.54, 1.807) is 29.2 Å². The summed E-state index contributed by atoms with van der Waals surface area (Å²) in [5.41, 5.74) is 1.27. The van der Waals surface area contributed by atoms with Crippen LogP contribution in [0.1, 0.15) is 35.7 Å². The Morgan fingerprint density at radius 2 is 1.74 bits per heavy atom. The number of piperidine rings is 1. The van der Waals surface area contributed by atoms with Crippen LogP contribution in [0.25, 0.3) is 0 Å². The summed E-state index contributed by atoms with van der Waals surface area (Å²) in [6, 6.07) is 12.5. The van der Waals surface area contributed by atoms with E-state index in [1.807, 2.05) is 6.07 Å². The summed E-state index contributed by atoms with van der Waals surface area (Å²) >= 11 is 0. The zero-order valence-corrected chi connectivity index (χ0v) is 16.9. The minimum atomic E-state index is -4.76. The van der Waals surface area contributed by atoms with Crippen molar-refractivity contribution in [3.05, 3.63) is 59.7 Å². The van der Waals surface area contributed by atoms with Gasteiger partial charge in [-0.3, -0.25) is 9.59 Å². The quantitative estimate of drug-likeness (QED) is 0.746. The van der Waals surface area contributed by atoms with Gasteiger partial charge in [-0.2, -0.15) is 0 Å². The van der Waals surface area contributed by atoms with Crippen molar-refractivity contribution in [1.29, 1.82) is 0 Å². The van der Waals surface area contributed by atoms with Gasteiger partial charge in [-0.05, 0) is 23.8 Å². The Labute approximate surface area is 177 Å². The minimum Gasteiger partial charge on any atom is -0.490 e. The molecule has 1 aliphatic heterocycles. The molecule has 0 bridgehead atoms. The van der Waals surface area contributed by atoms with E-state index in [0.717, 1.165) is 5.56 Å². The van der Waals surface area contributed by atoms with Crippen LogP contribution in [0, 0.1) is 0 Å². The summed E-state index contributed by atoms with van der Waals surface area (Å²) in [5.74, 6) is -0.356. The minimum absolute atomic E-state index is 0.125. The molecule has 0 saturated carbocycles. The molecule has 2 amide bonds. The van der Waals surface area contributed by atoms with Gasteiger partial charge >= 0.3 is 6.36 Å². The van der Waals surface area contributed by atoms with Gasteiger partial charge < -0.3 is 19.7 Å². The Morgan fingerprint density at radius 3 is 2.42 bits per heavy atom. The normalized spacial score (nSPS) is 14.8. The summed E-state index contributed by atoms with van der Waals surface area (Å²) in [6.07, 6.45) is -3.89. The molecule has 1 aliphatic rings. The molecule has 1 saturated heterocycles. The summed E-state index contributed by atoms with van der Waals surface area (Å²) in [5, 5.41) is 2.70. The molecule has 1 N–H and O–H groups in total. The van der Waals surface area contributed by atoms with Gasteiger partial charge in [-0.25, -0.2) is 0 Å². The topological polar surface area (TPSA) is 67.9 Å². The second-order valence-electron chi connectivity index (χ2n) is 7.20. The van der Waals surface area contributed by atoms with Crippen molar-refractivity contribution >= 4 is 11.8 Å². The van der Waals surface area contributed by atoms with E-state index < -0.39 is 6.36 Å². The first kappa shape index (κ1) is 22.5. The molecule has 0 aromatic heterocycles. The molecule has 1 fully saturated rings. The number of nitrogens with one attached hydrogen (secondary N) is 1. The van der Waals surface area contributed by atoms with E-state index in [2.05, 4.69) is 10.1 Å². The van der Waals surface area contributed by atoms with Gasteiger partial charge in [0.05, 0.1) is 0 Å². The highest BCUT2D eigenvalue weighted by Gasteiger charge is 2.31. The molecule has 31 heavy (non-hydrogen) atoms. The zero-order chi connectivity index (χ0) is 22.4. The van der Waals surface area contributed by atoms with E-state index >= 15 is 0 Å². The third kappa shape index (κ3) is 6.63. The fourth-order valence-corrected chi connectivity index (χ4v) is 3.39. The van der Waals surface area contributed by atoms with Gasteiger partial charge in [-0.15, -0.1) is 13.2 Å². The van der Waals surface area contributed by atoms with Gasteiger partial charge in [-0.1, -0.05) is 24.3 Å². The van der Waals surface area contributed by atoms with Crippen molar-refractivity contribution in [3.8, 4) is 11.5 Å². The van der Waals surface area contributed by atoms with Crippen molar-refractivity contribution in [3.63, 3.8) is 0 Å². The first-order chi connectivity index (χ1) is 14.7. The van der Waals surface area contributed by atoms with Crippen molar-refractivity contribution < 1.29 is 32.2 Å². The molecule has 0 atom stereocenters. The number of carbonyl (C=O) groups is 2. The van der Waals surface area contributed by atoms with Crippen LogP contribution in [-0.2, 0) is 11.3 Å². The number of nitrogens with zero attached hydrogens (tertiary/aromatic N) is 1. The zero-order valence-electron chi connectivity index (χ0n) is 16.9. The summed E-state index contributed by atoms with van der Waals surface area (Å²) in [4.78, 5) is 25.9. The number of likely N-dealkylation sites (tertiary alicyclic amines) is 1. The first-order valence-corrected chi connectivity index (χ1v) is 9.85. The Morgan fingerprint density at radius 1 is 1.06 bits per heavy atom. The smallest absolute Gasteiger partial charge is 0.490 e. The number of halogens is 3. The molecule has 0 aliphatic carbocycles. The van der Waals surface area contributed by atoms with Gasteiger partial charge in [0.25, 0.3) is 5.91 Å². The molecule has 2 aromatic rings. The van der Waals surface area contributed by atoms with Crippen molar-refractivity contribution in [2.24, 2.45) is 0 Å². The van der Waals surface area contributed by atoms with E-state index in [1.165, 1.54) is 25.1 Å². The van der Waals surface area contributed by atoms with Crippen LogP contribution in [0.4, 0.5) is 13.2 Å². The third-order valence-corrected chi connectivity index (χ3v) is 4.85. The summed E-state index contributed by atoms with van der Waals surface area (Å²) < 4.78 is 46.9. The van der Waals surface area contributed by atoms with Crippen LogP contribution in [0.5, 0.6) is 11.5 Å². The van der Waals surface area contributed by atoms with Crippen LogP contribution >= 0.6 is 0 Å². The molecule has 1 heterocycles. The molecule has 9 heteroatoms. The number of rotatable bonds is 6. The lowest BCUT2D eigenvalue weighted by Gasteiger charge is -2.32. The number of hydrogen-bond donors (Lipinski definition) is 1. The molecule has 0 spiro atoms. The predicted octanol–water partition coefficient (Wildman–Crippen LogP) is 3.90. The second kappa shape index (κ2) is 9.72. The molecule has 0 radical (unpaired) electrons. The highest BCUT2D eigenvalue weighted by Crippen LogP contribution is 2.28. The molecule has 2 aromatic carbocycles. The average molecular weight is 436 g/mol. The molecular formula is C22H23F3N2O4. The fraction of sp³-hybridized carbons (Fsp3) is 0.364. The molecular weight excluding hydrogens is 413 g/mol. The Hall–Kier alpha value is -3.23. The molecule has 0 unspecified atom stereocenters. The maximum Gasteiger partial charge on any atom is 0.573 e.